The Kier molecular flexibility index (Phi) is 3.41. The van der Waals surface area contributed by atoms with Crippen molar-refractivity contribution in [2.75, 3.05) is 11.4 Å². The first-order valence-electron chi connectivity index (χ1n) is 9.07. The number of anilines is 2. The molecule has 1 saturated carbocycles. The fraction of sp³-hybridized carbons (Fsp3) is 0.227. The normalized spacial score (nSPS) is 16.4. The molecule has 5 heteroatoms. The Morgan fingerprint density at radius 1 is 1.11 bits per heavy atom. The van der Waals surface area contributed by atoms with Crippen LogP contribution in [0.25, 0.3) is 11.1 Å². The summed E-state index contributed by atoms with van der Waals surface area (Å²) in [6.45, 7) is 2.40. The van der Waals surface area contributed by atoms with Gasteiger partial charge < -0.3 is 4.90 Å². The van der Waals surface area contributed by atoms with E-state index in [2.05, 4.69) is 20.9 Å². The van der Waals surface area contributed by atoms with Crippen LogP contribution in [-0.4, -0.2) is 22.3 Å². The highest BCUT2D eigenvalue weighted by Gasteiger charge is 2.52. The lowest BCUT2D eigenvalue weighted by atomic mass is 9.97. The Bertz CT molecular complexity index is 1060. The highest BCUT2D eigenvalue weighted by Crippen LogP contribution is 2.57. The van der Waals surface area contributed by atoms with Gasteiger partial charge in [-0.3, -0.25) is 4.79 Å². The van der Waals surface area contributed by atoms with Gasteiger partial charge in [0.2, 0.25) is 5.95 Å². The molecule has 0 atom stereocenters. The van der Waals surface area contributed by atoms with Gasteiger partial charge in [0.25, 0.3) is 0 Å². The van der Waals surface area contributed by atoms with E-state index in [4.69, 9.17) is 0 Å². The Morgan fingerprint density at radius 2 is 1.85 bits per heavy atom. The molecule has 5 rings (SSSR count). The van der Waals surface area contributed by atoms with Gasteiger partial charge in [0.15, 0.2) is 5.78 Å². The van der Waals surface area contributed by atoms with Crippen molar-refractivity contribution in [1.29, 1.82) is 0 Å². The molecule has 134 valence electrons. The summed E-state index contributed by atoms with van der Waals surface area (Å²) in [5.41, 5.74) is 4.28. The molecule has 1 fully saturated rings. The number of nitrogens with zero attached hydrogens (tertiary/aromatic N) is 3. The Balaban J connectivity index is 1.54. The van der Waals surface area contributed by atoms with Crippen molar-refractivity contribution in [3.05, 3.63) is 71.8 Å². The van der Waals surface area contributed by atoms with Crippen LogP contribution in [0, 0.1) is 5.82 Å². The first kappa shape index (κ1) is 16.1. The van der Waals surface area contributed by atoms with Crippen LogP contribution in [0.15, 0.2) is 54.9 Å². The third kappa shape index (κ3) is 2.53. The summed E-state index contributed by atoms with van der Waals surface area (Å²) in [5.74, 6) is 0.342. The number of aromatic nitrogens is 2. The van der Waals surface area contributed by atoms with Crippen LogP contribution in [0.4, 0.5) is 16.0 Å². The molecule has 0 amide bonds. The lowest BCUT2D eigenvalue weighted by Gasteiger charge is -2.18. The summed E-state index contributed by atoms with van der Waals surface area (Å²) in [4.78, 5) is 22.9. The average molecular weight is 359 g/mol. The molecule has 2 heterocycles. The van der Waals surface area contributed by atoms with E-state index in [1.165, 1.54) is 11.6 Å². The number of carbonyl (C=O) groups excluding carboxylic acids is 1. The quantitative estimate of drug-likeness (QED) is 0.638. The minimum Gasteiger partial charge on any atom is -0.309 e. The van der Waals surface area contributed by atoms with Crippen molar-refractivity contribution < 1.29 is 9.18 Å². The lowest BCUT2D eigenvalue weighted by molar-refractivity contribution is 0.101. The van der Waals surface area contributed by atoms with Gasteiger partial charge in [-0.05, 0) is 37.5 Å². The maximum Gasteiger partial charge on any atom is 0.229 e. The molecule has 27 heavy (non-hydrogen) atoms. The number of ketones is 1. The SMILES string of the molecule is CC(=O)c1ccc2c(c1)N(c1ncc(-c3ccccc3F)cn1)CC21CC1. The van der Waals surface area contributed by atoms with E-state index in [-0.39, 0.29) is 17.0 Å². The van der Waals surface area contributed by atoms with Crippen molar-refractivity contribution in [2.24, 2.45) is 0 Å². The number of hydrogen-bond donors (Lipinski definition) is 0. The second-order valence-corrected chi connectivity index (χ2v) is 7.41. The minimum absolute atomic E-state index is 0.0466. The topological polar surface area (TPSA) is 46.1 Å². The second kappa shape index (κ2) is 5.71. The number of halogens is 1. The van der Waals surface area contributed by atoms with Crippen molar-refractivity contribution in [1.82, 2.24) is 9.97 Å². The molecular weight excluding hydrogens is 341 g/mol. The molecule has 1 aliphatic heterocycles. The van der Waals surface area contributed by atoms with Gasteiger partial charge in [-0.15, -0.1) is 0 Å². The predicted molar refractivity (Wildman–Crippen MR) is 102 cm³/mol. The Morgan fingerprint density at radius 3 is 2.52 bits per heavy atom. The minimum atomic E-state index is -0.289. The van der Waals surface area contributed by atoms with Gasteiger partial charge in [-0.1, -0.05) is 30.3 Å². The molecule has 0 saturated heterocycles. The summed E-state index contributed by atoms with van der Waals surface area (Å²) in [6, 6.07) is 12.5. The number of benzene rings is 2. The molecule has 1 spiro atoms. The zero-order chi connectivity index (χ0) is 18.6. The fourth-order valence-corrected chi connectivity index (χ4v) is 3.95. The first-order valence-corrected chi connectivity index (χ1v) is 9.07. The zero-order valence-electron chi connectivity index (χ0n) is 14.9. The van der Waals surface area contributed by atoms with E-state index in [1.54, 1.807) is 37.5 Å². The van der Waals surface area contributed by atoms with Crippen molar-refractivity contribution in [2.45, 2.75) is 25.2 Å². The van der Waals surface area contributed by atoms with E-state index in [0.717, 1.165) is 25.1 Å². The summed E-state index contributed by atoms with van der Waals surface area (Å²) in [5, 5.41) is 0. The van der Waals surface area contributed by atoms with Gasteiger partial charge in [-0.25, -0.2) is 14.4 Å². The summed E-state index contributed by atoms with van der Waals surface area (Å²) < 4.78 is 14.0. The Labute approximate surface area is 156 Å². The largest absolute Gasteiger partial charge is 0.309 e. The molecule has 1 aliphatic carbocycles. The standard InChI is InChI=1S/C22H18FN3O/c1-14(27)15-6-7-18-20(10-15)26(13-22(18)8-9-22)21-24-11-16(12-25-21)17-4-2-3-5-19(17)23/h2-7,10-12H,8-9,13H2,1H3. The fourth-order valence-electron chi connectivity index (χ4n) is 3.95. The van der Waals surface area contributed by atoms with E-state index < -0.39 is 0 Å². The summed E-state index contributed by atoms with van der Waals surface area (Å²) in [6.07, 6.45) is 5.60. The highest BCUT2D eigenvalue weighted by molar-refractivity contribution is 5.96. The first-order chi connectivity index (χ1) is 13.1. The zero-order valence-corrected chi connectivity index (χ0v) is 14.9. The number of rotatable bonds is 3. The van der Waals surface area contributed by atoms with Gasteiger partial charge >= 0.3 is 0 Å². The van der Waals surface area contributed by atoms with E-state index >= 15 is 0 Å². The third-order valence-corrected chi connectivity index (χ3v) is 5.65. The molecule has 0 radical (unpaired) electrons. The summed E-state index contributed by atoms with van der Waals surface area (Å²) >= 11 is 0. The van der Waals surface area contributed by atoms with Crippen molar-refractivity contribution >= 4 is 17.4 Å². The van der Waals surface area contributed by atoms with E-state index in [1.807, 2.05) is 12.1 Å². The van der Waals surface area contributed by atoms with E-state index in [0.29, 0.717) is 22.6 Å². The Hall–Kier alpha value is -3.08. The number of Topliss-reactive ketones (excluding diaryl/α,β-unsaturated/α-hetero) is 1. The van der Waals surface area contributed by atoms with E-state index in [9.17, 15) is 9.18 Å². The molecule has 2 aliphatic rings. The van der Waals surface area contributed by atoms with Gasteiger partial charge in [0, 0.05) is 46.7 Å². The molecule has 0 N–H and O–H groups in total. The molecule has 3 aromatic rings. The number of fused-ring (bicyclic) bond motifs is 2. The van der Waals surface area contributed by atoms with Crippen LogP contribution < -0.4 is 4.90 Å². The number of carbonyl (C=O) groups is 1. The van der Waals surface area contributed by atoms with Gasteiger partial charge in [0.1, 0.15) is 5.82 Å². The maximum atomic E-state index is 14.0. The van der Waals surface area contributed by atoms with Gasteiger partial charge in [0.05, 0.1) is 0 Å². The van der Waals surface area contributed by atoms with Crippen LogP contribution in [0.3, 0.4) is 0 Å². The van der Waals surface area contributed by atoms with Crippen LogP contribution in [-0.2, 0) is 5.41 Å². The number of hydrogen-bond acceptors (Lipinski definition) is 4. The second-order valence-electron chi connectivity index (χ2n) is 7.41. The average Bonchev–Trinajstić information content (AvgIpc) is 3.39. The smallest absolute Gasteiger partial charge is 0.229 e. The molecular formula is C22H18FN3O. The molecule has 4 nitrogen and oxygen atoms in total. The maximum absolute atomic E-state index is 14.0. The van der Waals surface area contributed by atoms with Gasteiger partial charge in [-0.2, -0.15) is 0 Å². The molecule has 2 aromatic carbocycles. The predicted octanol–water partition coefficient (Wildman–Crippen LogP) is 4.67. The van der Waals surface area contributed by atoms with Crippen molar-refractivity contribution in [3.8, 4) is 11.1 Å². The van der Waals surface area contributed by atoms with Crippen LogP contribution in [0.5, 0.6) is 0 Å². The lowest BCUT2D eigenvalue weighted by Crippen LogP contribution is -2.21. The highest BCUT2D eigenvalue weighted by atomic mass is 19.1. The van der Waals surface area contributed by atoms with Crippen molar-refractivity contribution in [3.63, 3.8) is 0 Å². The monoisotopic (exact) mass is 359 g/mol. The molecule has 1 aromatic heterocycles. The third-order valence-electron chi connectivity index (χ3n) is 5.65. The summed E-state index contributed by atoms with van der Waals surface area (Å²) in [7, 11) is 0. The van der Waals surface area contributed by atoms with Crippen LogP contribution in [0.2, 0.25) is 0 Å². The molecule has 0 bridgehead atoms. The van der Waals surface area contributed by atoms with Crippen LogP contribution >= 0.6 is 0 Å². The molecule has 0 unspecified atom stereocenters. The van der Waals surface area contributed by atoms with Crippen LogP contribution in [0.1, 0.15) is 35.7 Å².